The molecule has 0 bridgehead atoms. The molecule has 7 heteroatoms. The second-order valence-corrected chi connectivity index (χ2v) is 2.96. The van der Waals surface area contributed by atoms with Crippen LogP contribution in [0.4, 0.5) is 0 Å². The highest BCUT2D eigenvalue weighted by Gasteiger charge is 2.32. The van der Waals surface area contributed by atoms with E-state index in [0.717, 1.165) is 4.42 Å². The minimum Gasteiger partial charge on any atom is -0.258 e. The summed E-state index contributed by atoms with van der Waals surface area (Å²) in [5, 5.41) is 10.4. The van der Waals surface area contributed by atoms with Crippen LogP contribution < -0.4 is 0 Å². The third kappa shape index (κ3) is 1.51. The maximum Gasteiger partial charge on any atom is 0.305 e. The molecular weight excluding hydrogens is 205 g/mol. The van der Waals surface area contributed by atoms with Gasteiger partial charge in [-0.2, -0.15) is 0 Å². The number of hydrogen-bond acceptors (Lipinski definition) is 4. The average molecular weight is 210 g/mol. The quantitative estimate of drug-likeness (QED) is 0.217. The Labute approximate surface area is 78.5 Å². The zero-order chi connectivity index (χ0) is 9.30. The SMILES string of the molecule is CC1=C([N+](=O)[O-])C(Cl)N(Cl)C=N1. The van der Waals surface area contributed by atoms with E-state index in [9.17, 15) is 10.1 Å². The van der Waals surface area contributed by atoms with Crippen molar-refractivity contribution in [3.05, 3.63) is 21.5 Å². The van der Waals surface area contributed by atoms with Crippen LogP contribution in [0, 0.1) is 10.1 Å². The second-order valence-electron chi connectivity index (χ2n) is 2.15. The zero-order valence-corrected chi connectivity index (χ0v) is 7.58. The topological polar surface area (TPSA) is 58.7 Å². The zero-order valence-electron chi connectivity index (χ0n) is 6.07. The van der Waals surface area contributed by atoms with E-state index in [0.29, 0.717) is 0 Å². The first kappa shape index (κ1) is 9.28. The molecule has 0 aromatic carbocycles. The van der Waals surface area contributed by atoms with Gasteiger partial charge in [-0.3, -0.25) is 10.1 Å². The number of halogens is 2. The summed E-state index contributed by atoms with van der Waals surface area (Å²) in [6.07, 6.45) is 1.24. The number of rotatable bonds is 1. The highest BCUT2D eigenvalue weighted by atomic mass is 35.5. The van der Waals surface area contributed by atoms with Crippen LogP contribution in [0.1, 0.15) is 6.92 Å². The number of allylic oxidation sites excluding steroid dienone is 1. The molecule has 5 nitrogen and oxygen atoms in total. The van der Waals surface area contributed by atoms with Crippen LogP contribution in [0.15, 0.2) is 16.4 Å². The molecule has 0 saturated carbocycles. The third-order valence-electron chi connectivity index (χ3n) is 1.37. The molecule has 66 valence electrons. The van der Waals surface area contributed by atoms with Gasteiger partial charge in [0.25, 0.3) is 0 Å². The average Bonchev–Trinajstić information content (AvgIpc) is 1.97. The van der Waals surface area contributed by atoms with Gasteiger partial charge in [0.15, 0.2) is 0 Å². The van der Waals surface area contributed by atoms with E-state index < -0.39 is 10.4 Å². The van der Waals surface area contributed by atoms with Crippen LogP contribution in [-0.4, -0.2) is 21.2 Å². The molecule has 0 aliphatic carbocycles. The van der Waals surface area contributed by atoms with Gasteiger partial charge < -0.3 is 0 Å². The van der Waals surface area contributed by atoms with E-state index in [1.807, 2.05) is 0 Å². The number of alkyl halides is 1. The molecule has 0 N–H and O–H groups in total. The molecule has 0 radical (unpaired) electrons. The molecule has 0 spiro atoms. The molecule has 0 aromatic heterocycles. The van der Waals surface area contributed by atoms with Gasteiger partial charge >= 0.3 is 5.70 Å². The van der Waals surface area contributed by atoms with Crippen molar-refractivity contribution in [1.29, 1.82) is 0 Å². The van der Waals surface area contributed by atoms with Gasteiger partial charge in [-0.25, -0.2) is 9.41 Å². The first-order chi connectivity index (χ1) is 5.54. The van der Waals surface area contributed by atoms with Crippen molar-refractivity contribution in [3.63, 3.8) is 0 Å². The summed E-state index contributed by atoms with van der Waals surface area (Å²) >= 11 is 11.1. The Kier molecular flexibility index (Phi) is 2.54. The van der Waals surface area contributed by atoms with Crippen molar-refractivity contribution in [3.8, 4) is 0 Å². The molecule has 0 amide bonds. The van der Waals surface area contributed by atoms with E-state index in [-0.39, 0.29) is 11.4 Å². The van der Waals surface area contributed by atoms with Crippen LogP contribution in [0.2, 0.25) is 0 Å². The largest absolute Gasteiger partial charge is 0.305 e. The molecular formula is C5H5Cl2N3O2. The van der Waals surface area contributed by atoms with Crippen molar-refractivity contribution >= 4 is 29.7 Å². The highest BCUT2D eigenvalue weighted by Crippen LogP contribution is 2.23. The predicted molar refractivity (Wildman–Crippen MR) is 45.5 cm³/mol. The molecule has 0 saturated heterocycles. The summed E-state index contributed by atoms with van der Waals surface area (Å²) < 4.78 is 0.951. The lowest BCUT2D eigenvalue weighted by Gasteiger charge is -2.18. The molecule has 1 heterocycles. The van der Waals surface area contributed by atoms with Gasteiger partial charge in [0, 0.05) is 11.8 Å². The molecule has 1 aliphatic heterocycles. The van der Waals surface area contributed by atoms with Gasteiger partial charge in [0.1, 0.15) is 12.0 Å². The van der Waals surface area contributed by atoms with Gasteiger partial charge in [0.2, 0.25) is 5.50 Å². The fourth-order valence-corrected chi connectivity index (χ4v) is 1.20. The number of nitro groups is 1. The van der Waals surface area contributed by atoms with Crippen molar-refractivity contribution < 1.29 is 4.92 Å². The molecule has 1 unspecified atom stereocenters. The minimum absolute atomic E-state index is 0.186. The lowest BCUT2D eigenvalue weighted by atomic mass is 10.3. The number of nitrogens with zero attached hydrogens (tertiary/aromatic N) is 3. The van der Waals surface area contributed by atoms with Gasteiger partial charge in [-0.1, -0.05) is 11.6 Å². The Bertz CT molecular complexity index is 276. The van der Waals surface area contributed by atoms with Crippen molar-refractivity contribution in [2.45, 2.75) is 12.4 Å². The van der Waals surface area contributed by atoms with Gasteiger partial charge in [-0.15, -0.1) is 0 Å². The number of aliphatic imine (C=N–C) groups is 1. The molecule has 0 aromatic rings. The molecule has 1 aliphatic rings. The normalized spacial score (nSPS) is 23.2. The third-order valence-corrected chi connectivity index (χ3v) is 2.17. The van der Waals surface area contributed by atoms with Crippen LogP contribution >= 0.6 is 23.4 Å². The lowest BCUT2D eigenvalue weighted by Crippen LogP contribution is -2.29. The number of hydrogen-bond donors (Lipinski definition) is 0. The summed E-state index contributed by atoms with van der Waals surface area (Å²) in [5.74, 6) is 0. The van der Waals surface area contributed by atoms with E-state index in [2.05, 4.69) is 4.99 Å². The first-order valence-electron chi connectivity index (χ1n) is 3.01. The predicted octanol–water partition coefficient (Wildman–Crippen LogP) is 1.56. The van der Waals surface area contributed by atoms with Crippen LogP contribution in [0.3, 0.4) is 0 Å². The summed E-state index contributed by atoms with van der Waals surface area (Å²) in [4.78, 5) is 13.5. The smallest absolute Gasteiger partial charge is 0.258 e. The maximum absolute atomic E-state index is 10.4. The van der Waals surface area contributed by atoms with E-state index >= 15 is 0 Å². The Morgan fingerprint density at radius 2 is 2.42 bits per heavy atom. The molecule has 0 fully saturated rings. The van der Waals surface area contributed by atoms with Crippen molar-refractivity contribution in [1.82, 2.24) is 4.42 Å². The standard InChI is InChI=1S/C5H5Cl2N3O2/c1-3-4(10(11)12)5(6)9(7)2-8-3/h2,5H,1H3. The van der Waals surface area contributed by atoms with Crippen LogP contribution in [0.5, 0.6) is 0 Å². The summed E-state index contributed by atoms with van der Waals surface area (Å²) in [6, 6.07) is 0. The summed E-state index contributed by atoms with van der Waals surface area (Å²) in [5.41, 5.74) is -0.870. The monoisotopic (exact) mass is 209 g/mol. The maximum atomic E-state index is 10.4. The Morgan fingerprint density at radius 3 is 2.83 bits per heavy atom. The Hall–Kier alpha value is -0.810. The Morgan fingerprint density at radius 1 is 1.83 bits per heavy atom. The van der Waals surface area contributed by atoms with Crippen LogP contribution in [0.25, 0.3) is 0 Å². The van der Waals surface area contributed by atoms with Gasteiger partial charge in [0.05, 0.1) is 4.92 Å². The van der Waals surface area contributed by atoms with Crippen molar-refractivity contribution in [2.24, 2.45) is 4.99 Å². The highest BCUT2D eigenvalue weighted by molar-refractivity contribution is 6.29. The Balaban J connectivity index is 3.05. The first-order valence-corrected chi connectivity index (χ1v) is 3.79. The second kappa shape index (κ2) is 3.28. The van der Waals surface area contributed by atoms with E-state index in [1.165, 1.54) is 13.3 Å². The van der Waals surface area contributed by atoms with Gasteiger partial charge in [-0.05, 0) is 6.92 Å². The van der Waals surface area contributed by atoms with E-state index in [4.69, 9.17) is 23.4 Å². The van der Waals surface area contributed by atoms with Crippen molar-refractivity contribution in [2.75, 3.05) is 0 Å². The lowest BCUT2D eigenvalue weighted by molar-refractivity contribution is -0.430. The van der Waals surface area contributed by atoms with E-state index in [1.54, 1.807) is 0 Å². The molecule has 1 atom stereocenters. The summed E-state index contributed by atoms with van der Waals surface area (Å²) in [7, 11) is 0. The summed E-state index contributed by atoms with van der Waals surface area (Å²) in [6.45, 7) is 1.51. The fourth-order valence-electron chi connectivity index (χ4n) is 0.775. The van der Waals surface area contributed by atoms with Crippen LogP contribution in [-0.2, 0) is 0 Å². The molecule has 1 rings (SSSR count). The minimum atomic E-state index is -0.959. The fraction of sp³-hybridized carbons (Fsp3) is 0.400. The molecule has 12 heavy (non-hydrogen) atoms.